The van der Waals surface area contributed by atoms with Crippen molar-refractivity contribution in [3.63, 3.8) is 0 Å². The van der Waals surface area contributed by atoms with E-state index in [1.165, 1.54) is 11.1 Å². The highest BCUT2D eigenvalue weighted by Gasteiger charge is 2.52. The lowest BCUT2D eigenvalue weighted by atomic mass is 9.81. The molecule has 1 aliphatic heterocycles. The Morgan fingerprint density at radius 3 is 1.76 bits per heavy atom. The summed E-state index contributed by atoms with van der Waals surface area (Å²) in [7, 11) is 0. The van der Waals surface area contributed by atoms with Crippen molar-refractivity contribution in [2.45, 2.75) is 50.0 Å². The summed E-state index contributed by atoms with van der Waals surface area (Å²) < 4.78 is 6.13. The molecule has 33 heavy (non-hydrogen) atoms. The van der Waals surface area contributed by atoms with Crippen LogP contribution in [0.3, 0.4) is 0 Å². The average molecular weight is 439 g/mol. The number of aliphatic hydroxyl groups is 1. The van der Waals surface area contributed by atoms with Gasteiger partial charge in [-0.25, -0.2) is 4.79 Å². The molecule has 0 aromatic heterocycles. The Morgan fingerprint density at radius 2 is 1.27 bits per heavy atom. The molecule has 1 aliphatic carbocycles. The number of hydrogen-bond donors (Lipinski definition) is 1. The van der Waals surface area contributed by atoms with Crippen LogP contribution in [0.5, 0.6) is 0 Å². The van der Waals surface area contributed by atoms with E-state index < -0.39 is 5.60 Å². The molecule has 1 heterocycles. The molecule has 0 amide bonds. The quantitative estimate of drug-likeness (QED) is 0.385. The highest BCUT2D eigenvalue weighted by Crippen LogP contribution is 2.52. The third-order valence-corrected chi connectivity index (χ3v) is 7.08. The van der Waals surface area contributed by atoms with Gasteiger partial charge in [0, 0.05) is 5.92 Å². The van der Waals surface area contributed by atoms with E-state index >= 15 is 0 Å². The zero-order valence-corrected chi connectivity index (χ0v) is 18.8. The first-order chi connectivity index (χ1) is 16.2. The minimum Gasteiger partial charge on any atom is -0.507 e. The van der Waals surface area contributed by atoms with Crippen molar-refractivity contribution in [2.24, 2.45) is 5.92 Å². The number of carbonyl (C=O) groups is 1. The molecule has 3 nitrogen and oxygen atoms in total. The van der Waals surface area contributed by atoms with Crippen LogP contribution in [0, 0.1) is 5.92 Å². The van der Waals surface area contributed by atoms with E-state index in [1.807, 2.05) is 54.6 Å². The summed E-state index contributed by atoms with van der Waals surface area (Å²) in [5, 5.41) is 11.7. The van der Waals surface area contributed by atoms with Crippen molar-refractivity contribution in [2.75, 3.05) is 0 Å². The zero-order chi connectivity index (χ0) is 22.7. The van der Waals surface area contributed by atoms with Crippen molar-refractivity contribution < 1.29 is 14.6 Å². The summed E-state index contributed by atoms with van der Waals surface area (Å²) in [5.74, 6) is 0.0830. The molecule has 3 aromatic rings. The van der Waals surface area contributed by atoms with Gasteiger partial charge in [-0.2, -0.15) is 0 Å². The molecule has 1 atom stereocenters. The molecule has 5 rings (SSSR count). The summed E-state index contributed by atoms with van der Waals surface area (Å²) in [4.78, 5) is 13.3. The van der Waals surface area contributed by atoms with Gasteiger partial charge >= 0.3 is 5.97 Å². The molecule has 2 aliphatic rings. The topological polar surface area (TPSA) is 46.5 Å². The minimum atomic E-state index is -0.986. The van der Waals surface area contributed by atoms with E-state index in [4.69, 9.17) is 4.74 Å². The number of rotatable bonds is 9. The smallest absolute Gasteiger partial charge is 0.339 e. The second-order valence-electron chi connectivity index (χ2n) is 9.34. The van der Waals surface area contributed by atoms with Crippen LogP contribution in [0.4, 0.5) is 0 Å². The van der Waals surface area contributed by atoms with E-state index in [9.17, 15) is 9.90 Å². The highest BCUT2D eigenvalue weighted by atomic mass is 16.6. The Hall–Kier alpha value is -3.33. The van der Waals surface area contributed by atoms with Crippen LogP contribution in [-0.2, 0) is 22.4 Å². The molecule has 1 saturated carbocycles. The van der Waals surface area contributed by atoms with Gasteiger partial charge in [-0.1, -0.05) is 91.0 Å². The van der Waals surface area contributed by atoms with Gasteiger partial charge in [0.2, 0.25) is 0 Å². The fourth-order valence-electron chi connectivity index (χ4n) is 5.11. The normalized spacial score (nSPS) is 18.2. The van der Waals surface area contributed by atoms with E-state index in [2.05, 4.69) is 36.4 Å². The van der Waals surface area contributed by atoms with Gasteiger partial charge in [0.05, 0.1) is 5.57 Å². The molecule has 1 fully saturated rings. The van der Waals surface area contributed by atoms with Crippen LogP contribution >= 0.6 is 0 Å². The number of ether oxygens (including phenoxy) is 1. The van der Waals surface area contributed by atoms with E-state index in [-0.39, 0.29) is 17.6 Å². The van der Waals surface area contributed by atoms with Gasteiger partial charge < -0.3 is 9.84 Å². The summed E-state index contributed by atoms with van der Waals surface area (Å²) in [6.07, 6.45) is 4.75. The SMILES string of the molecule is O=C1OC(CCc2ccccc2)(CCc2ccccc2)C(O)=C1C(c1ccccc1)C1CC1. The van der Waals surface area contributed by atoms with Gasteiger partial charge in [0.15, 0.2) is 5.60 Å². The molecule has 3 heteroatoms. The van der Waals surface area contributed by atoms with Gasteiger partial charge in [-0.05, 0) is 61.1 Å². The van der Waals surface area contributed by atoms with Crippen molar-refractivity contribution >= 4 is 5.97 Å². The summed E-state index contributed by atoms with van der Waals surface area (Å²) in [6.45, 7) is 0. The molecular formula is C30H30O3. The molecule has 0 bridgehead atoms. The summed E-state index contributed by atoms with van der Waals surface area (Å²) >= 11 is 0. The Morgan fingerprint density at radius 1 is 0.788 bits per heavy atom. The standard InChI is InChI=1S/C30H30O3/c31-28-27(26(25-16-17-25)24-14-8-3-9-15-24)29(32)33-30(28,20-18-22-10-4-1-5-11-22)21-19-23-12-6-2-7-13-23/h1-15,25-26,31H,16-21H2. The monoisotopic (exact) mass is 438 g/mol. The van der Waals surface area contributed by atoms with Gasteiger partial charge in [-0.15, -0.1) is 0 Å². The Kier molecular flexibility index (Phi) is 6.04. The predicted molar refractivity (Wildman–Crippen MR) is 130 cm³/mol. The number of aliphatic hydroxyl groups excluding tert-OH is 1. The maximum absolute atomic E-state index is 13.3. The fourth-order valence-corrected chi connectivity index (χ4v) is 5.11. The largest absolute Gasteiger partial charge is 0.507 e. The lowest BCUT2D eigenvalue weighted by molar-refractivity contribution is -0.149. The van der Waals surface area contributed by atoms with Crippen LogP contribution in [0.15, 0.2) is 102 Å². The molecule has 3 aromatic carbocycles. The van der Waals surface area contributed by atoms with E-state index in [0.717, 1.165) is 31.2 Å². The second kappa shape index (κ2) is 9.27. The number of esters is 1. The van der Waals surface area contributed by atoms with Crippen molar-refractivity contribution in [3.8, 4) is 0 Å². The molecule has 168 valence electrons. The Bertz CT molecular complexity index is 1070. The molecular weight excluding hydrogens is 408 g/mol. The Labute approximate surface area is 195 Å². The number of aryl methyl sites for hydroxylation is 2. The van der Waals surface area contributed by atoms with Crippen LogP contribution in [0.2, 0.25) is 0 Å². The van der Waals surface area contributed by atoms with E-state index in [0.29, 0.717) is 24.3 Å². The lowest BCUT2D eigenvalue weighted by Crippen LogP contribution is -2.33. The van der Waals surface area contributed by atoms with Gasteiger partial charge in [-0.3, -0.25) is 0 Å². The van der Waals surface area contributed by atoms with Gasteiger partial charge in [0.1, 0.15) is 5.76 Å². The first-order valence-electron chi connectivity index (χ1n) is 12.0. The van der Waals surface area contributed by atoms with Crippen LogP contribution in [-0.4, -0.2) is 16.7 Å². The third kappa shape index (κ3) is 4.59. The predicted octanol–water partition coefficient (Wildman–Crippen LogP) is 6.55. The van der Waals surface area contributed by atoms with Crippen LogP contribution in [0.1, 0.15) is 48.3 Å². The fraction of sp³-hybridized carbons (Fsp3) is 0.300. The average Bonchev–Trinajstić information content (AvgIpc) is 3.67. The van der Waals surface area contributed by atoms with E-state index in [1.54, 1.807) is 0 Å². The molecule has 0 radical (unpaired) electrons. The molecule has 0 saturated heterocycles. The molecule has 1 N–H and O–H groups in total. The zero-order valence-electron chi connectivity index (χ0n) is 18.8. The van der Waals surface area contributed by atoms with Crippen molar-refractivity contribution in [1.29, 1.82) is 0 Å². The maximum atomic E-state index is 13.3. The summed E-state index contributed by atoms with van der Waals surface area (Å²) in [6, 6.07) is 30.5. The number of carbonyl (C=O) groups excluding carboxylic acids is 1. The third-order valence-electron chi connectivity index (χ3n) is 7.08. The van der Waals surface area contributed by atoms with Crippen molar-refractivity contribution in [3.05, 3.63) is 119 Å². The first-order valence-corrected chi connectivity index (χ1v) is 12.0. The Balaban J connectivity index is 1.50. The lowest BCUT2D eigenvalue weighted by Gasteiger charge is -2.28. The number of benzene rings is 3. The van der Waals surface area contributed by atoms with Crippen LogP contribution < -0.4 is 0 Å². The van der Waals surface area contributed by atoms with Gasteiger partial charge in [0.25, 0.3) is 0 Å². The van der Waals surface area contributed by atoms with Crippen LogP contribution in [0.25, 0.3) is 0 Å². The minimum absolute atomic E-state index is 0.103. The number of cyclic esters (lactones) is 1. The molecule has 1 unspecified atom stereocenters. The maximum Gasteiger partial charge on any atom is 0.339 e. The highest BCUT2D eigenvalue weighted by molar-refractivity contribution is 5.94. The van der Waals surface area contributed by atoms with Crippen molar-refractivity contribution in [1.82, 2.24) is 0 Å². The molecule has 0 spiro atoms. The first kappa shape index (κ1) is 21.5. The second-order valence-corrected chi connectivity index (χ2v) is 9.34. The number of hydrogen-bond acceptors (Lipinski definition) is 3. The summed E-state index contributed by atoms with van der Waals surface area (Å²) in [5.41, 5.74) is 2.93.